The minimum absolute atomic E-state index is 0.181. The largest absolute Gasteiger partial charge is 0.481 e. The predicted octanol–water partition coefficient (Wildman–Crippen LogP) is -0.455. The van der Waals surface area contributed by atoms with E-state index in [0.717, 1.165) is 0 Å². The number of aliphatic carboxylic acids is 2. The van der Waals surface area contributed by atoms with Crippen LogP contribution in [-0.2, 0) is 19.2 Å². The first-order valence-electron chi connectivity index (χ1n) is 8.85. The molecule has 0 spiro atoms. The van der Waals surface area contributed by atoms with Crippen molar-refractivity contribution in [1.82, 2.24) is 10.6 Å². The molecule has 0 aromatic rings. The lowest BCUT2D eigenvalue weighted by atomic mass is 9.90. The Morgan fingerprint density at radius 1 is 1.15 bits per heavy atom. The van der Waals surface area contributed by atoms with E-state index in [1.807, 2.05) is 13.8 Å². The van der Waals surface area contributed by atoms with Crippen LogP contribution in [0.1, 0.15) is 40.0 Å². The third-order valence-electron chi connectivity index (χ3n) is 5.44. The summed E-state index contributed by atoms with van der Waals surface area (Å²) < 4.78 is 0. The van der Waals surface area contributed by atoms with Gasteiger partial charge in [0.05, 0.1) is 12.0 Å². The third-order valence-corrected chi connectivity index (χ3v) is 5.44. The average Bonchev–Trinajstić information content (AvgIpc) is 3.15. The lowest BCUT2D eigenvalue weighted by Crippen LogP contribution is -2.60. The molecule has 0 heterocycles. The van der Waals surface area contributed by atoms with Crippen molar-refractivity contribution in [2.24, 2.45) is 29.4 Å². The highest BCUT2D eigenvalue weighted by Gasteiger charge is 2.72. The van der Waals surface area contributed by atoms with Crippen molar-refractivity contribution >= 4 is 23.8 Å². The summed E-state index contributed by atoms with van der Waals surface area (Å²) in [6, 6.07) is -1.73. The number of fused-ring (bicyclic) bond motifs is 1. The number of carbonyl (C=O) groups excluding carboxylic acids is 2. The Hall–Kier alpha value is -2.16. The first kappa shape index (κ1) is 20.2. The van der Waals surface area contributed by atoms with Gasteiger partial charge in [0, 0.05) is 5.92 Å². The number of nitrogens with one attached hydrogen (secondary N) is 2. The summed E-state index contributed by atoms with van der Waals surface area (Å²) in [6.07, 6.45) is 1.08. The minimum Gasteiger partial charge on any atom is -0.481 e. The Morgan fingerprint density at radius 3 is 2.23 bits per heavy atom. The predicted molar refractivity (Wildman–Crippen MR) is 90.9 cm³/mol. The Balaban J connectivity index is 2.01. The van der Waals surface area contributed by atoms with E-state index in [2.05, 4.69) is 10.6 Å². The molecular weight excluding hydrogens is 342 g/mol. The fourth-order valence-corrected chi connectivity index (χ4v) is 4.08. The molecule has 2 saturated carbocycles. The van der Waals surface area contributed by atoms with Gasteiger partial charge in [0.2, 0.25) is 11.8 Å². The zero-order valence-corrected chi connectivity index (χ0v) is 15.2. The Labute approximate surface area is 151 Å². The lowest BCUT2D eigenvalue weighted by molar-refractivity contribution is -0.150. The van der Waals surface area contributed by atoms with Crippen LogP contribution in [0.4, 0.5) is 0 Å². The van der Waals surface area contributed by atoms with Gasteiger partial charge in [0.25, 0.3) is 0 Å². The summed E-state index contributed by atoms with van der Waals surface area (Å²) in [7, 11) is 0. The van der Waals surface area contributed by atoms with Crippen LogP contribution < -0.4 is 16.4 Å². The molecule has 6 N–H and O–H groups in total. The van der Waals surface area contributed by atoms with E-state index in [-0.39, 0.29) is 18.3 Å². The van der Waals surface area contributed by atoms with E-state index in [1.165, 1.54) is 6.92 Å². The highest BCUT2D eigenvalue weighted by atomic mass is 16.4. The second-order valence-corrected chi connectivity index (χ2v) is 7.82. The van der Waals surface area contributed by atoms with Crippen molar-refractivity contribution in [1.29, 1.82) is 0 Å². The van der Waals surface area contributed by atoms with E-state index in [4.69, 9.17) is 5.73 Å². The van der Waals surface area contributed by atoms with Crippen LogP contribution in [0.2, 0.25) is 0 Å². The van der Waals surface area contributed by atoms with Gasteiger partial charge in [-0.2, -0.15) is 0 Å². The van der Waals surface area contributed by atoms with Gasteiger partial charge < -0.3 is 26.6 Å². The number of amides is 2. The van der Waals surface area contributed by atoms with Crippen LogP contribution in [-0.4, -0.2) is 51.6 Å². The molecule has 2 fully saturated rings. The molecule has 0 radical (unpaired) electrons. The van der Waals surface area contributed by atoms with Crippen LogP contribution in [0.3, 0.4) is 0 Å². The number of rotatable bonds is 8. The summed E-state index contributed by atoms with van der Waals surface area (Å²) >= 11 is 0. The molecule has 0 bridgehead atoms. The summed E-state index contributed by atoms with van der Waals surface area (Å²) in [5.74, 6) is -4.80. The summed E-state index contributed by atoms with van der Waals surface area (Å²) in [5, 5.41) is 23.8. The Kier molecular flexibility index (Phi) is 5.60. The molecule has 2 rings (SSSR count). The molecule has 2 amide bonds. The fourth-order valence-electron chi connectivity index (χ4n) is 4.08. The van der Waals surface area contributed by atoms with Crippen molar-refractivity contribution in [2.75, 3.05) is 0 Å². The molecule has 0 aromatic heterocycles. The SMILES string of the molecule is CC(C)C[C@H](N)C(=O)N[C@@H](C)C(=O)N[C@@]1(C(=O)O)CC[C@H]2[C@H](C(=O)O)[C@H]21. The molecule has 0 aromatic carbocycles. The van der Waals surface area contributed by atoms with E-state index in [9.17, 15) is 29.4 Å². The molecule has 6 atom stereocenters. The second kappa shape index (κ2) is 7.22. The van der Waals surface area contributed by atoms with Crippen molar-refractivity contribution in [3.05, 3.63) is 0 Å². The van der Waals surface area contributed by atoms with E-state index in [1.54, 1.807) is 0 Å². The summed E-state index contributed by atoms with van der Waals surface area (Å²) in [4.78, 5) is 47.6. The van der Waals surface area contributed by atoms with Crippen LogP contribution in [0.15, 0.2) is 0 Å². The number of hydrogen-bond donors (Lipinski definition) is 5. The molecular formula is C17H27N3O6. The number of carbonyl (C=O) groups is 4. The normalized spacial score (nSPS) is 31.7. The Morgan fingerprint density at radius 2 is 1.77 bits per heavy atom. The molecule has 26 heavy (non-hydrogen) atoms. The van der Waals surface area contributed by atoms with Crippen molar-refractivity contribution in [3.8, 4) is 0 Å². The van der Waals surface area contributed by atoms with Crippen molar-refractivity contribution in [2.45, 2.75) is 57.7 Å². The quantitative estimate of drug-likeness (QED) is 0.387. The maximum absolute atomic E-state index is 12.5. The maximum atomic E-state index is 12.5. The van der Waals surface area contributed by atoms with Gasteiger partial charge in [-0.1, -0.05) is 13.8 Å². The van der Waals surface area contributed by atoms with Gasteiger partial charge in [-0.15, -0.1) is 0 Å². The monoisotopic (exact) mass is 369 g/mol. The van der Waals surface area contributed by atoms with Gasteiger partial charge >= 0.3 is 11.9 Å². The highest BCUT2D eigenvalue weighted by molar-refractivity contribution is 5.94. The molecule has 146 valence electrons. The minimum atomic E-state index is -1.59. The molecule has 0 unspecified atom stereocenters. The fraction of sp³-hybridized carbons (Fsp3) is 0.765. The van der Waals surface area contributed by atoms with Crippen molar-refractivity contribution < 1.29 is 29.4 Å². The molecule has 0 saturated heterocycles. The zero-order valence-electron chi connectivity index (χ0n) is 15.2. The van der Waals surface area contributed by atoms with E-state index < -0.39 is 53.2 Å². The topological polar surface area (TPSA) is 159 Å². The standard InChI is InChI=1S/C17H27N3O6/c1-7(2)6-10(18)14(22)19-8(3)13(21)20-17(16(25)26)5-4-9-11(12(9)17)15(23)24/h7-12H,4-6,18H2,1-3H3,(H,19,22)(H,20,21)(H,23,24)(H,25,26)/t8-,9-,10-,11-,12-,17-/m0/s1. The zero-order chi connectivity index (χ0) is 19.8. The molecule has 9 heteroatoms. The van der Waals surface area contributed by atoms with Gasteiger partial charge in [-0.3, -0.25) is 14.4 Å². The third kappa shape index (κ3) is 3.67. The Bertz CT molecular complexity index is 622. The lowest BCUT2D eigenvalue weighted by Gasteiger charge is -2.30. The smallest absolute Gasteiger partial charge is 0.329 e. The molecule has 0 aliphatic heterocycles. The second-order valence-electron chi connectivity index (χ2n) is 7.82. The van der Waals surface area contributed by atoms with Gasteiger partial charge in [-0.25, -0.2) is 4.79 Å². The van der Waals surface area contributed by atoms with Crippen LogP contribution >= 0.6 is 0 Å². The summed E-state index contributed by atoms with van der Waals surface area (Å²) in [6.45, 7) is 5.29. The molecule has 9 nitrogen and oxygen atoms in total. The maximum Gasteiger partial charge on any atom is 0.329 e. The van der Waals surface area contributed by atoms with Crippen molar-refractivity contribution in [3.63, 3.8) is 0 Å². The number of nitrogens with two attached hydrogens (primary N) is 1. The molecule has 2 aliphatic rings. The van der Waals surface area contributed by atoms with E-state index in [0.29, 0.717) is 12.8 Å². The first-order chi connectivity index (χ1) is 12.0. The van der Waals surface area contributed by atoms with Gasteiger partial charge in [0.15, 0.2) is 0 Å². The van der Waals surface area contributed by atoms with Crippen LogP contribution in [0, 0.1) is 23.7 Å². The van der Waals surface area contributed by atoms with E-state index >= 15 is 0 Å². The number of hydrogen-bond acceptors (Lipinski definition) is 5. The van der Waals surface area contributed by atoms with Crippen LogP contribution in [0.5, 0.6) is 0 Å². The van der Waals surface area contributed by atoms with Gasteiger partial charge in [-0.05, 0) is 38.0 Å². The highest BCUT2D eigenvalue weighted by Crippen LogP contribution is 2.62. The number of carboxylic acids is 2. The molecule has 2 aliphatic carbocycles. The average molecular weight is 369 g/mol. The first-order valence-corrected chi connectivity index (χ1v) is 8.85. The summed E-state index contributed by atoms with van der Waals surface area (Å²) in [5.41, 5.74) is 4.19. The van der Waals surface area contributed by atoms with Crippen LogP contribution in [0.25, 0.3) is 0 Å². The number of carboxylic acid groups (broad SMARTS) is 2. The van der Waals surface area contributed by atoms with Gasteiger partial charge in [0.1, 0.15) is 11.6 Å².